The molecule has 94 valence electrons. The number of hydrogen-bond acceptors (Lipinski definition) is 3. The van der Waals surface area contributed by atoms with Gasteiger partial charge in [-0.05, 0) is 12.1 Å². The number of nitrogens with two attached hydrogens (primary N) is 1. The highest BCUT2D eigenvalue weighted by Crippen LogP contribution is 2.06. The van der Waals surface area contributed by atoms with Gasteiger partial charge in [0.2, 0.25) is 5.91 Å². The molecule has 0 spiro atoms. The van der Waals surface area contributed by atoms with Crippen molar-refractivity contribution in [3.05, 3.63) is 46.2 Å². The molecule has 0 unspecified atom stereocenters. The van der Waals surface area contributed by atoms with E-state index in [1.54, 1.807) is 24.3 Å². The maximum Gasteiger partial charge on any atom is 0.352 e. The molecule has 6 heteroatoms. The van der Waals surface area contributed by atoms with Crippen LogP contribution in [0.25, 0.3) is 10.9 Å². The summed E-state index contributed by atoms with van der Waals surface area (Å²) in [5.74, 6) is -1.46. The van der Waals surface area contributed by atoms with Crippen molar-refractivity contribution in [3.63, 3.8) is 0 Å². The summed E-state index contributed by atoms with van der Waals surface area (Å²) in [5, 5.41) is 9.20. The van der Waals surface area contributed by atoms with Crippen LogP contribution in [-0.2, 0) is 4.79 Å². The van der Waals surface area contributed by atoms with E-state index in [1.165, 1.54) is 6.92 Å². The van der Waals surface area contributed by atoms with Crippen LogP contribution >= 0.6 is 0 Å². The van der Waals surface area contributed by atoms with Gasteiger partial charge in [0, 0.05) is 23.9 Å². The van der Waals surface area contributed by atoms with Crippen molar-refractivity contribution in [3.8, 4) is 0 Å². The van der Waals surface area contributed by atoms with E-state index in [0.29, 0.717) is 10.9 Å². The molecule has 2 rings (SSSR count). The second-order valence-electron chi connectivity index (χ2n) is 3.51. The van der Waals surface area contributed by atoms with E-state index in [-0.39, 0.29) is 17.0 Å². The number of para-hydroxylation sites is 1. The highest BCUT2D eigenvalue weighted by Gasteiger charge is 2.06. The molecule has 1 amide bonds. The van der Waals surface area contributed by atoms with Gasteiger partial charge in [-0.1, -0.05) is 12.1 Å². The van der Waals surface area contributed by atoms with E-state index in [4.69, 9.17) is 5.11 Å². The zero-order valence-corrected chi connectivity index (χ0v) is 9.64. The fraction of sp³-hybridized carbons (Fsp3) is 0.0833. The lowest BCUT2D eigenvalue weighted by Gasteiger charge is -1.98. The Hall–Kier alpha value is -2.63. The molecule has 0 aliphatic carbocycles. The first kappa shape index (κ1) is 13.4. The number of nitrogens with one attached hydrogen (secondary N) is 1. The molecule has 4 N–H and O–H groups in total. The minimum atomic E-state index is -1.13. The number of carbonyl (C=O) groups is 2. The van der Waals surface area contributed by atoms with Crippen LogP contribution in [-0.4, -0.2) is 22.0 Å². The van der Waals surface area contributed by atoms with E-state index in [9.17, 15) is 14.4 Å². The fourth-order valence-corrected chi connectivity index (χ4v) is 1.31. The first-order chi connectivity index (χ1) is 8.41. The lowest BCUT2D eigenvalue weighted by Crippen LogP contribution is -2.09. The number of fused-ring (bicyclic) bond motifs is 1. The summed E-state index contributed by atoms with van der Waals surface area (Å²) in [5.41, 5.74) is 4.64. The Labute approximate surface area is 102 Å². The maximum atomic E-state index is 11.4. The number of carboxylic acids is 1. The molecular formula is C12H12N2O4. The summed E-state index contributed by atoms with van der Waals surface area (Å²) in [4.78, 5) is 33.9. The van der Waals surface area contributed by atoms with Crippen molar-refractivity contribution in [2.24, 2.45) is 5.73 Å². The van der Waals surface area contributed by atoms with Crippen molar-refractivity contribution in [1.82, 2.24) is 4.98 Å². The summed E-state index contributed by atoms with van der Waals surface area (Å²) in [7, 11) is 0. The number of amides is 1. The normalized spacial score (nSPS) is 9.39. The lowest BCUT2D eigenvalue weighted by atomic mass is 10.2. The number of aromatic nitrogens is 1. The van der Waals surface area contributed by atoms with E-state index < -0.39 is 5.97 Å². The molecular weight excluding hydrogens is 236 g/mol. The molecule has 0 saturated carbocycles. The zero-order chi connectivity index (χ0) is 13.7. The summed E-state index contributed by atoms with van der Waals surface area (Å²) in [6, 6.07) is 7.88. The third-order valence-electron chi connectivity index (χ3n) is 1.97. The third kappa shape index (κ3) is 3.44. The first-order valence-electron chi connectivity index (χ1n) is 5.03. The smallest absolute Gasteiger partial charge is 0.352 e. The van der Waals surface area contributed by atoms with E-state index in [0.717, 1.165) is 6.07 Å². The highest BCUT2D eigenvalue weighted by molar-refractivity contribution is 5.89. The van der Waals surface area contributed by atoms with Crippen molar-refractivity contribution < 1.29 is 14.7 Å². The predicted octanol–water partition coefficient (Wildman–Crippen LogP) is 0.718. The van der Waals surface area contributed by atoms with Gasteiger partial charge in [-0.2, -0.15) is 0 Å². The Balaban J connectivity index is 0.000000357. The van der Waals surface area contributed by atoms with E-state index in [2.05, 4.69) is 10.7 Å². The number of primary amides is 1. The third-order valence-corrected chi connectivity index (χ3v) is 1.97. The molecule has 0 fully saturated rings. The number of aromatic amines is 1. The SMILES string of the molecule is CC(N)=O.O=C(O)c1cc(=O)c2ccccc2[nH]1. The Morgan fingerprint density at radius 1 is 1.28 bits per heavy atom. The van der Waals surface area contributed by atoms with Crippen LogP contribution in [0, 0.1) is 0 Å². The average Bonchev–Trinajstić information content (AvgIpc) is 2.28. The topological polar surface area (TPSA) is 113 Å². The molecule has 0 aliphatic heterocycles. The Bertz CT molecular complexity index is 642. The number of hydrogen-bond donors (Lipinski definition) is 3. The number of carboxylic acid groups (broad SMARTS) is 1. The number of carbonyl (C=O) groups excluding carboxylic acids is 1. The predicted molar refractivity (Wildman–Crippen MR) is 66.4 cm³/mol. The molecule has 0 aliphatic rings. The molecule has 18 heavy (non-hydrogen) atoms. The number of H-pyrrole nitrogens is 1. The Morgan fingerprint density at radius 2 is 1.83 bits per heavy atom. The van der Waals surface area contributed by atoms with Crippen LogP contribution in [0.4, 0.5) is 0 Å². The van der Waals surface area contributed by atoms with Crippen LogP contribution in [0.15, 0.2) is 35.1 Å². The quantitative estimate of drug-likeness (QED) is 0.689. The minimum absolute atomic E-state index is 0.0892. The van der Waals surface area contributed by atoms with Gasteiger partial charge in [-0.15, -0.1) is 0 Å². The average molecular weight is 248 g/mol. The zero-order valence-electron chi connectivity index (χ0n) is 9.64. The minimum Gasteiger partial charge on any atom is -0.477 e. The van der Waals surface area contributed by atoms with Gasteiger partial charge in [0.1, 0.15) is 5.69 Å². The number of rotatable bonds is 1. The molecule has 0 bridgehead atoms. The van der Waals surface area contributed by atoms with Gasteiger partial charge in [0.05, 0.1) is 0 Å². The van der Waals surface area contributed by atoms with E-state index in [1.807, 2.05) is 0 Å². The van der Waals surface area contributed by atoms with Crippen molar-refractivity contribution >= 4 is 22.8 Å². The van der Waals surface area contributed by atoms with E-state index >= 15 is 0 Å². The maximum absolute atomic E-state index is 11.4. The molecule has 1 heterocycles. The van der Waals surface area contributed by atoms with Crippen molar-refractivity contribution in [1.29, 1.82) is 0 Å². The monoisotopic (exact) mass is 248 g/mol. The van der Waals surface area contributed by atoms with Gasteiger partial charge < -0.3 is 15.8 Å². The molecule has 1 aromatic heterocycles. The van der Waals surface area contributed by atoms with Gasteiger partial charge in [0.25, 0.3) is 0 Å². The molecule has 0 saturated heterocycles. The Morgan fingerprint density at radius 3 is 2.39 bits per heavy atom. The van der Waals surface area contributed by atoms with Crippen LogP contribution in [0.1, 0.15) is 17.4 Å². The fourth-order valence-electron chi connectivity index (χ4n) is 1.31. The first-order valence-corrected chi connectivity index (χ1v) is 5.03. The van der Waals surface area contributed by atoms with Crippen LogP contribution < -0.4 is 11.2 Å². The summed E-state index contributed by atoms with van der Waals surface area (Å²) >= 11 is 0. The Kier molecular flexibility index (Phi) is 4.20. The van der Waals surface area contributed by atoms with Crippen molar-refractivity contribution in [2.75, 3.05) is 0 Å². The second kappa shape index (κ2) is 5.62. The van der Waals surface area contributed by atoms with Gasteiger partial charge >= 0.3 is 5.97 Å². The number of aromatic carboxylic acids is 1. The van der Waals surface area contributed by atoms with Gasteiger partial charge in [-0.25, -0.2) is 4.79 Å². The number of benzene rings is 1. The summed E-state index contributed by atoms with van der Waals surface area (Å²) < 4.78 is 0. The molecule has 6 nitrogen and oxygen atoms in total. The van der Waals surface area contributed by atoms with Crippen LogP contribution in [0.3, 0.4) is 0 Å². The highest BCUT2D eigenvalue weighted by atomic mass is 16.4. The van der Waals surface area contributed by atoms with Crippen molar-refractivity contribution in [2.45, 2.75) is 6.92 Å². The van der Waals surface area contributed by atoms with Crippen LogP contribution in [0.5, 0.6) is 0 Å². The molecule has 1 aromatic carbocycles. The van der Waals surface area contributed by atoms with Gasteiger partial charge in [0.15, 0.2) is 5.43 Å². The lowest BCUT2D eigenvalue weighted by molar-refractivity contribution is -0.115. The number of pyridine rings is 1. The molecule has 2 aromatic rings. The van der Waals surface area contributed by atoms with Gasteiger partial charge in [-0.3, -0.25) is 9.59 Å². The molecule has 0 radical (unpaired) electrons. The molecule has 0 atom stereocenters. The summed E-state index contributed by atoms with van der Waals surface area (Å²) in [6.07, 6.45) is 0. The summed E-state index contributed by atoms with van der Waals surface area (Å²) in [6.45, 7) is 1.31. The standard InChI is InChI=1S/C10H7NO3.C2H5NO/c12-9-5-8(10(13)14)11-7-4-2-1-3-6(7)9;1-2(3)4/h1-5H,(H,11,12)(H,13,14);1H3,(H2,3,4). The largest absolute Gasteiger partial charge is 0.477 e. The second-order valence-corrected chi connectivity index (χ2v) is 3.51. The van der Waals surface area contributed by atoms with Crippen LogP contribution in [0.2, 0.25) is 0 Å².